The van der Waals surface area contributed by atoms with Crippen LogP contribution in [0.1, 0.15) is 12.5 Å². The van der Waals surface area contributed by atoms with E-state index in [-0.39, 0.29) is 6.61 Å². The Morgan fingerprint density at radius 1 is 1.44 bits per heavy atom. The van der Waals surface area contributed by atoms with Crippen LogP contribution < -0.4 is 15.2 Å². The highest BCUT2D eigenvalue weighted by Crippen LogP contribution is 2.27. The number of carbonyl (C=O) groups is 1. The van der Waals surface area contributed by atoms with Crippen molar-refractivity contribution < 1.29 is 19.1 Å². The minimum absolute atomic E-state index is 0.245. The lowest BCUT2D eigenvalue weighted by molar-refractivity contribution is -0.122. The molecule has 2 N–H and O–H groups in total. The van der Waals surface area contributed by atoms with E-state index in [0.717, 1.165) is 5.56 Å². The molecule has 6 heteroatoms. The van der Waals surface area contributed by atoms with Gasteiger partial charge in [-0.05, 0) is 25.1 Å². The lowest BCUT2D eigenvalue weighted by atomic mass is 10.2. The van der Waals surface area contributed by atoms with E-state index < -0.39 is 5.91 Å². The number of nitrogens with zero attached hydrogens (tertiary/aromatic N) is 1. The number of benzene rings is 1. The molecule has 0 aliphatic rings. The number of primary amides is 1. The Labute approximate surface area is 105 Å². The molecule has 0 heterocycles. The van der Waals surface area contributed by atoms with Gasteiger partial charge in [-0.2, -0.15) is 0 Å². The van der Waals surface area contributed by atoms with Crippen molar-refractivity contribution in [2.24, 2.45) is 10.9 Å². The first-order valence-electron chi connectivity index (χ1n) is 5.41. The largest absolute Gasteiger partial charge is 0.493 e. The topological polar surface area (TPSA) is 83.1 Å². The second-order valence-electron chi connectivity index (χ2n) is 3.32. The van der Waals surface area contributed by atoms with Crippen molar-refractivity contribution in [1.29, 1.82) is 0 Å². The van der Waals surface area contributed by atoms with Gasteiger partial charge in [0.1, 0.15) is 0 Å². The van der Waals surface area contributed by atoms with Crippen LogP contribution in [0.4, 0.5) is 0 Å². The van der Waals surface area contributed by atoms with E-state index in [1.54, 1.807) is 25.3 Å². The number of amides is 1. The fourth-order valence-electron chi connectivity index (χ4n) is 1.24. The fourth-order valence-corrected chi connectivity index (χ4v) is 1.24. The molecule has 0 atom stereocenters. The Kier molecular flexibility index (Phi) is 5.50. The Morgan fingerprint density at radius 3 is 2.83 bits per heavy atom. The number of carbonyl (C=O) groups excluding carboxylic acids is 1. The molecule has 98 valence electrons. The molecule has 0 aliphatic heterocycles. The highest BCUT2D eigenvalue weighted by molar-refractivity contribution is 5.80. The van der Waals surface area contributed by atoms with Crippen molar-refractivity contribution in [3.05, 3.63) is 23.8 Å². The number of rotatable bonds is 7. The quantitative estimate of drug-likeness (QED) is 0.578. The first kappa shape index (κ1) is 13.8. The fraction of sp³-hybridized carbons (Fsp3) is 0.333. The molecule has 0 saturated carbocycles. The molecular weight excluding hydrogens is 236 g/mol. The molecule has 1 aromatic carbocycles. The standard InChI is InChI=1S/C12H16N2O4/c1-3-17-10-5-4-9(6-11(10)16-2)7-14-18-8-12(13)15/h4-7H,3,8H2,1-2H3,(H2,13,15)/b14-7+. The van der Waals surface area contributed by atoms with Crippen LogP contribution in [0.3, 0.4) is 0 Å². The van der Waals surface area contributed by atoms with Crippen LogP contribution >= 0.6 is 0 Å². The van der Waals surface area contributed by atoms with Crippen LogP contribution in [0.2, 0.25) is 0 Å². The summed E-state index contributed by atoms with van der Waals surface area (Å²) in [6.45, 7) is 2.21. The summed E-state index contributed by atoms with van der Waals surface area (Å²) in [4.78, 5) is 15.1. The number of ether oxygens (including phenoxy) is 2. The second-order valence-corrected chi connectivity index (χ2v) is 3.32. The molecule has 0 aromatic heterocycles. The molecule has 0 unspecified atom stereocenters. The summed E-state index contributed by atoms with van der Waals surface area (Å²) in [7, 11) is 1.56. The molecule has 0 aliphatic carbocycles. The number of hydrogen-bond donors (Lipinski definition) is 1. The SMILES string of the molecule is CCOc1ccc(/C=N/OCC(N)=O)cc1OC. The monoisotopic (exact) mass is 252 g/mol. The Bertz CT molecular complexity index is 432. The van der Waals surface area contributed by atoms with E-state index in [1.807, 2.05) is 6.92 Å². The summed E-state index contributed by atoms with van der Waals surface area (Å²) in [6.07, 6.45) is 1.46. The van der Waals surface area contributed by atoms with Gasteiger partial charge in [-0.15, -0.1) is 0 Å². The van der Waals surface area contributed by atoms with Gasteiger partial charge in [0.05, 0.1) is 19.9 Å². The maximum absolute atomic E-state index is 10.4. The molecule has 1 amide bonds. The van der Waals surface area contributed by atoms with Gasteiger partial charge in [-0.3, -0.25) is 4.79 Å². The van der Waals surface area contributed by atoms with Gasteiger partial charge in [0.15, 0.2) is 18.1 Å². The molecule has 18 heavy (non-hydrogen) atoms. The summed E-state index contributed by atoms with van der Waals surface area (Å²) >= 11 is 0. The Hall–Kier alpha value is -2.24. The summed E-state index contributed by atoms with van der Waals surface area (Å²) in [5.41, 5.74) is 5.66. The summed E-state index contributed by atoms with van der Waals surface area (Å²) in [6, 6.07) is 5.32. The Morgan fingerprint density at radius 2 is 2.22 bits per heavy atom. The highest BCUT2D eigenvalue weighted by Gasteiger charge is 2.04. The molecule has 0 fully saturated rings. The molecule has 1 aromatic rings. The normalized spacial score (nSPS) is 10.3. The predicted molar refractivity (Wildman–Crippen MR) is 66.9 cm³/mol. The van der Waals surface area contributed by atoms with E-state index >= 15 is 0 Å². The molecule has 0 saturated heterocycles. The zero-order chi connectivity index (χ0) is 13.4. The number of methoxy groups -OCH3 is 1. The van der Waals surface area contributed by atoms with E-state index in [9.17, 15) is 4.79 Å². The lowest BCUT2D eigenvalue weighted by Crippen LogP contribution is -2.16. The Balaban J connectivity index is 2.69. The summed E-state index contributed by atoms with van der Waals surface area (Å²) < 4.78 is 10.6. The zero-order valence-corrected chi connectivity index (χ0v) is 10.4. The van der Waals surface area contributed by atoms with Gasteiger partial charge in [0, 0.05) is 5.56 Å². The second kappa shape index (κ2) is 7.16. The molecule has 6 nitrogen and oxygen atoms in total. The van der Waals surface area contributed by atoms with Crippen LogP contribution in [0, 0.1) is 0 Å². The van der Waals surface area contributed by atoms with Crippen molar-refractivity contribution >= 4 is 12.1 Å². The maximum atomic E-state index is 10.4. The third-order valence-electron chi connectivity index (χ3n) is 1.97. The van der Waals surface area contributed by atoms with Crippen LogP contribution in [0.5, 0.6) is 11.5 Å². The van der Waals surface area contributed by atoms with Crippen LogP contribution in [-0.2, 0) is 9.63 Å². The van der Waals surface area contributed by atoms with Crippen molar-refractivity contribution in [2.75, 3.05) is 20.3 Å². The van der Waals surface area contributed by atoms with Crippen LogP contribution in [-0.4, -0.2) is 32.4 Å². The van der Waals surface area contributed by atoms with E-state index in [2.05, 4.69) is 9.99 Å². The number of nitrogens with two attached hydrogens (primary N) is 1. The van der Waals surface area contributed by atoms with Crippen molar-refractivity contribution in [3.8, 4) is 11.5 Å². The highest BCUT2D eigenvalue weighted by atomic mass is 16.6. The van der Waals surface area contributed by atoms with Gasteiger partial charge in [0.25, 0.3) is 5.91 Å². The molecule has 0 radical (unpaired) electrons. The van der Waals surface area contributed by atoms with Gasteiger partial charge < -0.3 is 20.0 Å². The first-order valence-corrected chi connectivity index (χ1v) is 5.41. The molecule has 0 spiro atoms. The van der Waals surface area contributed by atoms with Crippen LogP contribution in [0.15, 0.2) is 23.4 Å². The zero-order valence-electron chi connectivity index (χ0n) is 10.4. The van der Waals surface area contributed by atoms with Crippen molar-refractivity contribution in [2.45, 2.75) is 6.92 Å². The number of oxime groups is 1. The molecule has 0 bridgehead atoms. The first-order chi connectivity index (χ1) is 8.67. The van der Waals surface area contributed by atoms with Gasteiger partial charge >= 0.3 is 0 Å². The van der Waals surface area contributed by atoms with E-state index in [0.29, 0.717) is 18.1 Å². The minimum Gasteiger partial charge on any atom is -0.493 e. The molecule has 1 rings (SSSR count). The average Bonchev–Trinajstić information content (AvgIpc) is 2.36. The van der Waals surface area contributed by atoms with Crippen LogP contribution in [0.25, 0.3) is 0 Å². The van der Waals surface area contributed by atoms with Crippen molar-refractivity contribution in [1.82, 2.24) is 0 Å². The number of hydrogen-bond acceptors (Lipinski definition) is 5. The van der Waals surface area contributed by atoms with Gasteiger partial charge in [-0.25, -0.2) is 0 Å². The van der Waals surface area contributed by atoms with Gasteiger partial charge in [-0.1, -0.05) is 5.16 Å². The molecular formula is C12H16N2O4. The smallest absolute Gasteiger partial charge is 0.258 e. The van der Waals surface area contributed by atoms with E-state index in [4.69, 9.17) is 15.2 Å². The summed E-state index contributed by atoms with van der Waals surface area (Å²) in [5, 5.41) is 3.61. The van der Waals surface area contributed by atoms with Crippen molar-refractivity contribution in [3.63, 3.8) is 0 Å². The van der Waals surface area contributed by atoms with E-state index in [1.165, 1.54) is 6.21 Å². The third-order valence-corrected chi connectivity index (χ3v) is 1.97. The predicted octanol–water partition coefficient (Wildman–Crippen LogP) is 0.930. The minimum atomic E-state index is -0.573. The summed E-state index contributed by atoms with van der Waals surface area (Å²) in [5.74, 6) is 0.697. The maximum Gasteiger partial charge on any atom is 0.258 e. The average molecular weight is 252 g/mol. The lowest BCUT2D eigenvalue weighted by Gasteiger charge is -2.09. The van der Waals surface area contributed by atoms with Gasteiger partial charge in [0.2, 0.25) is 0 Å². The third kappa shape index (κ3) is 4.32.